The number of ether oxygens (including phenoxy) is 2. The van der Waals surface area contributed by atoms with E-state index >= 15 is 0 Å². The SMILES string of the molecule is COc1cc(C)ccc1Oc1nc(N)c(F)cc1F. The van der Waals surface area contributed by atoms with Crippen molar-refractivity contribution in [2.24, 2.45) is 0 Å². The average Bonchev–Trinajstić information content (AvgIpc) is 2.37. The number of halogens is 2. The Kier molecular flexibility index (Phi) is 3.50. The van der Waals surface area contributed by atoms with Gasteiger partial charge in [-0.05, 0) is 24.6 Å². The van der Waals surface area contributed by atoms with E-state index in [2.05, 4.69) is 4.98 Å². The molecule has 0 aliphatic carbocycles. The molecule has 2 rings (SSSR count). The molecule has 2 N–H and O–H groups in total. The molecule has 0 radical (unpaired) electrons. The van der Waals surface area contributed by atoms with Gasteiger partial charge < -0.3 is 15.2 Å². The molecule has 0 unspecified atom stereocenters. The first-order chi connectivity index (χ1) is 9.01. The normalized spacial score (nSPS) is 10.3. The number of nitrogen functional groups attached to an aromatic ring is 1. The quantitative estimate of drug-likeness (QED) is 0.927. The van der Waals surface area contributed by atoms with Crippen LogP contribution in [-0.2, 0) is 0 Å². The summed E-state index contributed by atoms with van der Waals surface area (Å²) in [6, 6.07) is 5.72. The van der Waals surface area contributed by atoms with Crippen LogP contribution in [0.3, 0.4) is 0 Å². The molecule has 1 aromatic carbocycles. The summed E-state index contributed by atoms with van der Waals surface area (Å²) < 4.78 is 36.9. The van der Waals surface area contributed by atoms with Crippen molar-refractivity contribution in [1.82, 2.24) is 4.98 Å². The van der Waals surface area contributed by atoms with Crippen LogP contribution in [-0.4, -0.2) is 12.1 Å². The van der Waals surface area contributed by atoms with Crippen molar-refractivity contribution < 1.29 is 18.3 Å². The Morgan fingerprint density at radius 2 is 1.84 bits per heavy atom. The van der Waals surface area contributed by atoms with Gasteiger partial charge in [-0.15, -0.1) is 0 Å². The van der Waals surface area contributed by atoms with Crippen molar-refractivity contribution in [2.45, 2.75) is 6.92 Å². The van der Waals surface area contributed by atoms with Gasteiger partial charge in [0, 0.05) is 6.07 Å². The predicted molar refractivity (Wildman–Crippen MR) is 66.4 cm³/mol. The molecule has 0 bridgehead atoms. The summed E-state index contributed by atoms with van der Waals surface area (Å²) >= 11 is 0. The molecule has 2 aromatic rings. The summed E-state index contributed by atoms with van der Waals surface area (Å²) in [5.41, 5.74) is 6.23. The molecule has 0 aliphatic heterocycles. The zero-order valence-electron chi connectivity index (χ0n) is 10.4. The molecular weight excluding hydrogens is 254 g/mol. The Bertz CT molecular complexity index is 618. The maximum absolute atomic E-state index is 13.5. The first-order valence-electron chi connectivity index (χ1n) is 5.45. The number of aromatic nitrogens is 1. The van der Waals surface area contributed by atoms with E-state index in [-0.39, 0.29) is 5.75 Å². The zero-order chi connectivity index (χ0) is 14.0. The van der Waals surface area contributed by atoms with Crippen LogP contribution >= 0.6 is 0 Å². The molecule has 0 aliphatic rings. The van der Waals surface area contributed by atoms with E-state index in [0.717, 1.165) is 5.56 Å². The second-order valence-corrected chi connectivity index (χ2v) is 3.90. The van der Waals surface area contributed by atoms with Crippen LogP contribution in [0.15, 0.2) is 24.3 Å². The van der Waals surface area contributed by atoms with Crippen molar-refractivity contribution in [1.29, 1.82) is 0 Å². The number of hydrogen-bond donors (Lipinski definition) is 1. The third-order valence-corrected chi connectivity index (χ3v) is 2.45. The summed E-state index contributed by atoms with van der Waals surface area (Å²) in [6.07, 6.45) is 0. The van der Waals surface area contributed by atoms with E-state index in [9.17, 15) is 8.78 Å². The summed E-state index contributed by atoms with van der Waals surface area (Å²) in [4.78, 5) is 3.52. The highest BCUT2D eigenvalue weighted by Crippen LogP contribution is 2.33. The minimum Gasteiger partial charge on any atom is -0.493 e. The number of pyridine rings is 1. The van der Waals surface area contributed by atoms with Crippen LogP contribution in [0.5, 0.6) is 17.4 Å². The molecule has 0 fully saturated rings. The standard InChI is InChI=1S/C13H12F2N2O2/c1-7-3-4-10(11(5-7)18-2)19-13-9(15)6-8(14)12(16)17-13/h3-6H,1-2H3,(H2,16,17). The Balaban J connectivity index is 2.39. The summed E-state index contributed by atoms with van der Waals surface area (Å²) in [5.74, 6) is -2.01. The van der Waals surface area contributed by atoms with Gasteiger partial charge in [0.2, 0.25) is 0 Å². The molecule has 1 heterocycles. The maximum Gasteiger partial charge on any atom is 0.258 e. The molecule has 100 valence electrons. The van der Waals surface area contributed by atoms with Gasteiger partial charge >= 0.3 is 0 Å². The molecule has 0 spiro atoms. The Morgan fingerprint density at radius 3 is 2.53 bits per heavy atom. The monoisotopic (exact) mass is 266 g/mol. The van der Waals surface area contributed by atoms with Crippen LogP contribution in [0, 0.1) is 18.6 Å². The Labute approximate surface area is 108 Å². The van der Waals surface area contributed by atoms with E-state index in [0.29, 0.717) is 11.8 Å². The van der Waals surface area contributed by atoms with Crippen molar-refractivity contribution in [3.63, 3.8) is 0 Å². The van der Waals surface area contributed by atoms with Crippen molar-refractivity contribution in [3.05, 3.63) is 41.5 Å². The van der Waals surface area contributed by atoms with E-state index in [1.165, 1.54) is 7.11 Å². The van der Waals surface area contributed by atoms with Crippen molar-refractivity contribution in [2.75, 3.05) is 12.8 Å². The summed E-state index contributed by atoms with van der Waals surface area (Å²) in [5, 5.41) is 0. The van der Waals surface area contributed by atoms with Gasteiger partial charge in [-0.3, -0.25) is 0 Å². The van der Waals surface area contributed by atoms with E-state index in [1.54, 1.807) is 18.2 Å². The third kappa shape index (κ3) is 2.73. The molecular formula is C13H12F2N2O2. The molecule has 19 heavy (non-hydrogen) atoms. The minimum absolute atomic E-state index is 0.269. The number of nitrogens with zero attached hydrogens (tertiary/aromatic N) is 1. The number of nitrogens with two attached hydrogens (primary N) is 1. The number of hydrogen-bond acceptors (Lipinski definition) is 4. The van der Waals surface area contributed by atoms with Gasteiger partial charge in [0.15, 0.2) is 29.0 Å². The lowest BCUT2D eigenvalue weighted by atomic mass is 10.2. The fourth-order valence-corrected chi connectivity index (χ4v) is 1.50. The van der Waals surface area contributed by atoms with Crippen LogP contribution < -0.4 is 15.2 Å². The first kappa shape index (κ1) is 13.1. The molecule has 6 heteroatoms. The van der Waals surface area contributed by atoms with Crippen LogP contribution in [0.4, 0.5) is 14.6 Å². The van der Waals surface area contributed by atoms with Crippen molar-refractivity contribution >= 4 is 5.82 Å². The number of anilines is 1. The second kappa shape index (κ2) is 5.09. The van der Waals surface area contributed by atoms with Gasteiger partial charge in [0.25, 0.3) is 5.88 Å². The highest BCUT2D eigenvalue weighted by molar-refractivity contribution is 5.45. The van der Waals surface area contributed by atoms with Crippen LogP contribution in [0.1, 0.15) is 5.56 Å². The first-order valence-corrected chi connectivity index (χ1v) is 5.45. The van der Waals surface area contributed by atoms with Gasteiger partial charge in [0.05, 0.1) is 7.11 Å². The smallest absolute Gasteiger partial charge is 0.258 e. The number of benzene rings is 1. The topological polar surface area (TPSA) is 57.4 Å². The van der Waals surface area contributed by atoms with Gasteiger partial charge in [-0.25, -0.2) is 8.78 Å². The Morgan fingerprint density at radius 1 is 1.11 bits per heavy atom. The number of rotatable bonds is 3. The molecule has 0 amide bonds. The molecule has 0 saturated carbocycles. The average molecular weight is 266 g/mol. The molecule has 4 nitrogen and oxygen atoms in total. The number of aryl methyl sites for hydroxylation is 1. The lowest BCUT2D eigenvalue weighted by molar-refractivity contribution is 0.362. The third-order valence-electron chi connectivity index (χ3n) is 2.45. The van der Waals surface area contributed by atoms with Gasteiger partial charge in [-0.2, -0.15) is 4.98 Å². The van der Waals surface area contributed by atoms with Gasteiger partial charge in [0.1, 0.15) is 0 Å². The minimum atomic E-state index is -0.936. The maximum atomic E-state index is 13.5. The highest BCUT2D eigenvalue weighted by Gasteiger charge is 2.14. The lowest BCUT2D eigenvalue weighted by Gasteiger charge is -2.11. The molecule has 0 atom stereocenters. The van der Waals surface area contributed by atoms with E-state index in [1.807, 2.05) is 6.92 Å². The molecule has 1 aromatic heterocycles. The van der Waals surface area contributed by atoms with Gasteiger partial charge in [-0.1, -0.05) is 6.07 Å². The largest absolute Gasteiger partial charge is 0.493 e. The molecule has 0 saturated heterocycles. The summed E-state index contributed by atoms with van der Waals surface area (Å²) in [7, 11) is 1.46. The Hall–Kier alpha value is -2.37. The van der Waals surface area contributed by atoms with Crippen LogP contribution in [0.25, 0.3) is 0 Å². The lowest BCUT2D eigenvalue weighted by Crippen LogP contribution is -2.01. The predicted octanol–water partition coefficient (Wildman–Crippen LogP) is 3.05. The van der Waals surface area contributed by atoms with E-state index < -0.39 is 23.3 Å². The zero-order valence-corrected chi connectivity index (χ0v) is 10.4. The van der Waals surface area contributed by atoms with Crippen molar-refractivity contribution in [3.8, 4) is 17.4 Å². The van der Waals surface area contributed by atoms with Crippen LogP contribution in [0.2, 0.25) is 0 Å². The fraction of sp³-hybridized carbons (Fsp3) is 0.154. The second-order valence-electron chi connectivity index (χ2n) is 3.90. The van der Waals surface area contributed by atoms with E-state index in [4.69, 9.17) is 15.2 Å². The summed E-state index contributed by atoms with van der Waals surface area (Å²) in [6.45, 7) is 1.88. The fourth-order valence-electron chi connectivity index (χ4n) is 1.50. The number of methoxy groups -OCH3 is 1. The highest BCUT2D eigenvalue weighted by atomic mass is 19.1.